The van der Waals surface area contributed by atoms with Gasteiger partial charge in [0.15, 0.2) is 6.61 Å². The SMILES string of the molecule is O=C(COc1ccc(Cl)c(F)c1)N[C@@H]1CC[C@H](C(=O)Nc2nccc(-c3ccc(Cl)c(F)c3)n2)OC1. The summed E-state index contributed by atoms with van der Waals surface area (Å²) in [5.41, 5.74) is 0.888. The zero-order valence-corrected chi connectivity index (χ0v) is 20.2. The Morgan fingerprint density at radius 3 is 2.50 bits per heavy atom. The molecule has 1 aromatic heterocycles. The van der Waals surface area contributed by atoms with Crippen molar-refractivity contribution in [2.24, 2.45) is 0 Å². The molecule has 0 bridgehead atoms. The summed E-state index contributed by atoms with van der Waals surface area (Å²) < 4.78 is 38.1. The van der Waals surface area contributed by atoms with Crippen LogP contribution in [0.4, 0.5) is 14.7 Å². The number of aromatic nitrogens is 2. The number of carbonyl (C=O) groups is 2. The van der Waals surface area contributed by atoms with Crippen molar-refractivity contribution in [1.82, 2.24) is 15.3 Å². The minimum absolute atomic E-state index is 0.00487. The van der Waals surface area contributed by atoms with Crippen LogP contribution in [0.5, 0.6) is 5.75 Å². The van der Waals surface area contributed by atoms with Gasteiger partial charge in [-0.2, -0.15) is 0 Å². The number of benzene rings is 2. The van der Waals surface area contributed by atoms with E-state index in [0.29, 0.717) is 24.1 Å². The quantitative estimate of drug-likeness (QED) is 0.463. The van der Waals surface area contributed by atoms with E-state index in [0.717, 1.165) is 6.07 Å². The van der Waals surface area contributed by atoms with Gasteiger partial charge < -0.3 is 14.8 Å². The molecular weight excluding hydrogens is 517 g/mol. The number of nitrogens with one attached hydrogen (secondary N) is 2. The van der Waals surface area contributed by atoms with Crippen LogP contribution >= 0.6 is 23.2 Å². The molecule has 2 N–H and O–H groups in total. The van der Waals surface area contributed by atoms with Crippen LogP contribution in [0, 0.1) is 11.6 Å². The number of carbonyl (C=O) groups excluding carboxylic acids is 2. The maximum absolute atomic E-state index is 13.8. The lowest BCUT2D eigenvalue weighted by Crippen LogP contribution is -2.47. The van der Waals surface area contributed by atoms with Crippen LogP contribution < -0.4 is 15.4 Å². The molecule has 1 aliphatic rings. The lowest BCUT2D eigenvalue weighted by atomic mass is 10.0. The highest BCUT2D eigenvalue weighted by Crippen LogP contribution is 2.24. The number of halogens is 4. The standard InChI is InChI=1S/C24H20Cl2F2N4O4/c25-16-4-1-13(9-18(16)27)20-7-8-29-24(31-20)32-23(34)21-6-2-14(11-36-21)30-22(33)12-35-15-3-5-17(26)19(28)10-15/h1,3-5,7-10,14,21H,2,6,11-12H2,(H,30,33)(H,29,31,32,34)/t14-,21-/m1/s1. The average Bonchev–Trinajstić information content (AvgIpc) is 2.87. The zero-order chi connectivity index (χ0) is 25.7. The molecule has 1 saturated heterocycles. The first-order chi connectivity index (χ1) is 17.3. The van der Waals surface area contributed by atoms with Gasteiger partial charge >= 0.3 is 0 Å². The van der Waals surface area contributed by atoms with Crippen molar-refractivity contribution in [1.29, 1.82) is 0 Å². The van der Waals surface area contributed by atoms with Crippen molar-refractivity contribution in [2.45, 2.75) is 25.0 Å². The van der Waals surface area contributed by atoms with Crippen LogP contribution in [0.1, 0.15) is 12.8 Å². The van der Waals surface area contributed by atoms with Crippen molar-refractivity contribution in [3.63, 3.8) is 0 Å². The topological polar surface area (TPSA) is 102 Å². The van der Waals surface area contributed by atoms with Gasteiger partial charge in [-0.1, -0.05) is 29.3 Å². The van der Waals surface area contributed by atoms with E-state index in [1.807, 2.05) is 0 Å². The Hall–Kier alpha value is -3.34. The molecule has 0 radical (unpaired) electrons. The molecule has 2 aromatic carbocycles. The Balaban J connectivity index is 1.24. The number of amides is 2. The summed E-state index contributed by atoms with van der Waals surface area (Å²) in [6, 6.07) is 9.42. The molecule has 4 rings (SSSR count). The first-order valence-electron chi connectivity index (χ1n) is 10.9. The fourth-order valence-corrected chi connectivity index (χ4v) is 3.72. The van der Waals surface area contributed by atoms with Crippen LogP contribution in [0.25, 0.3) is 11.3 Å². The second-order valence-electron chi connectivity index (χ2n) is 7.91. The van der Waals surface area contributed by atoms with E-state index >= 15 is 0 Å². The van der Waals surface area contributed by atoms with Crippen LogP contribution in [-0.4, -0.2) is 47.1 Å². The summed E-state index contributed by atoms with van der Waals surface area (Å²) in [6.07, 6.45) is 1.52. The van der Waals surface area contributed by atoms with Gasteiger partial charge in [-0.25, -0.2) is 18.7 Å². The van der Waals surface area contributed by atoms with Crippen molar-refractivity contribution >= 4 is 41.0 Å². The van der Waals surface area contributed by atoms with Gasteiger partial charge in [0.25, 0.3) is 11.8 Å². The Labute approximate surface area is 214 Å². The van der Waals surface area contributed by atoms with Gasteiger partial charge in [0.05, 0.1) is 28.4 Å². The smallest absolute Gasteiger partial charge is 0.258 e. The van der Waals surface area contributed by atoms with Gasteiger partial charge in [-0.05, 0) is 43.2 Å². The summed E-state index contributed by atoms with van der Waals surface area (Å²) in [7, 11) is 0. The molecule has 0 unspecified atom stereocenters. The number of rotatable bonds is 7. The largest absolute Gasteiger partial charge is 0.484 e. The Kier molecular flexibility index (Phi) is 8.29. The molecule has 2 heterocycles. The van der Waals surface area contributed by atoms with E-state index < -0.39 is 29.6 Å². The molecule has 3 aromatic rings. The molecule has 2 atom stereocenters. The van der Waals surface area contributed by atoms with Crippen LogP contribution in [0.3, 0.4) is 0 Å². The molecule has 36 heavy (non-hydrogen) atoms. The van der Waals surface area contributed by atoms with Crippen LogP contribution in [0.2, 0.25) is 10.0 Å². The molecule has 1 fully saturated rings. The molecule has 0 aliphatic carbocycles. The number of nitrogens with zero attached hydrogens (tertiary/aromatic N) is 2. The van der Waals surface area contributed by atoms with Gasteiger partial charge in [-0.15, -0.1) is 0 Å². The molecule has 12 heteroatoms. The Morgan fingerprint density at radius 2 is 1.81 bits per heavy atom. The minimum atomic E-state index is -0.758. The predicted octanol–water partition coefficient (Wildman–Crippen LogP) is 4.41. The number of hydrogen-bond acceptors (Lipinski definition) is 6. The van der Waals surface area contributed by atoms with Gasteiger partial charge in [0, 0.05) is 17.8 Å². The first-order valence-corrected chi connectivity index (χ1v) is 11.6. The Bertz CT molecular complexity index is 1270. The zero-order valence-electron chi connectivity index (χ0n) is 18.6. The summed E-state index contributed by atoms with van der Waals surface area (Å²) >= 11 is 11.3. The highest BCUT2D eigenvalue weighted by molar-refractivity contribution is 6.31. The van der Waals surface area contributed by atoms with E-state index in [1.165, 1.54) is 30.5 Å². The lowest BCUT2D eigenvalue weighted by molar-refractivity contribution is -0.132. The minimum Gasteiger partial charge on any atom is -0.484 e. The second-order valence-corrected chi connectivity index (χ2v) is 8.73. The first kappa shape index (κ1) is 25.7. The maximum atomic E-state index is 13.8. The molecule has 8 nitrogen and oxygen atoms in total. The monoisotopic (exact) mass is 536 g/mol. The van der Waals surface area contributed by atoms with E-state index in [1.54, 1.807) is 12.1 Å². The highest BCUT2D eigenvalue weighted by Gasteiger charge is 2.28. The molecular formula is C24H20Cl2F2N4O4. The lowest BCUT2D eigenvalue weighted by Gasteiger charge is -2.28. The second kappa shape index (κ2) is 11.6. The van der Waals surface area contributed by atoms with Gasteiger partial charge in [0.2, 0.25) is 5.95 Å². The third kappa shape index (κ3) is 6.66. The van der Waals surface area contributed by atoms with E-state index in [4.69, 9.17) is 32.7 Å². The van der Waals surface area contributed by atoms with Gasteiger partial charge in [-0.3, -0.25) is 14.9 Å². The Morgan fingerprint density at radius 1 is 1.06 bits per heavy atom. The average molecular weight is 537 g/mol. The molecule has 0 spiro atoms. The summed E-state index contributed by atoms with van der Waals surface area (Å²) in [4.78, 5) is 33.0. The maximum Gasteiger partial charge on any atom is 0.258 e. The number of ether oxygens (including phenoxy) is 2. The third-order valence-electron chi connectivity index (χ3n) is 5.30. The van der Waals surface area contributed by atoms with Crippen LogP contribution in [-0.2, 0) is 14.3 Å². The summed E-state index contributed by atoms with van der Waals surface area (Å²) in [5.74, 6) is -1.85. The van der Waals surface area contributed by atoms with Crippen molar-refractivity contribution in [2.75, 3.05) is 18.5 Å². The van der Waals surface area contributed by atoms with E-state index in [-0.39, 0.29) is 41.0 Å². The van der Waals surface area contributed by atoms with Crippen molar-refractivity contribution in [3.05, 3.63) is 70.3 Å². The third-order valence-corrected chi connectivity index (χ3v) is 5.91. The highest BCUT2D eigenvalue weighted by atomic mass is 35.5. The molecule has 1 aliphatic heterocycles. The summed E-state index contributed by atoms with van der Waals surface area (Å²) in [6.45, 7) is -0.197. The molecule has 2 amide bonds. The fraction of sp³-hybridized carbons (Fsp3) is 0.250. The number of anilines is 1. The number of hydrogen-bond donors (Lipinski definition) is 2. The van der Waals surface area contributed by atoms with Crippen LogP contribution in [0.15, 0.2) is 48.7 Å². The van der Waals surface area contributed by atoms with E-state index in [2.05, 4.69) is 20.6 Å². The molecule has 0 saturated carbocycles. The van der Waals surface area contributed by atoms with Crippen molar-refractivity contribution in [3.8, 4) is 17.0 Å². The van der Waals surface area contributed by atoms with E-state index in [9.17, 15) is 18.4 Å². The fourth-order valence-electron chi connectivity index (χ4n) is 3.48. The van der Waals surface area contributed by atoms with Crippen molar-refractivity contribution < 1.29 is 27.8 Å². The normalized spacial score (nSPS) is 17.3. The summed E-state index contributed by atoms with van der Waals surface area (Å²) in [5, 5.41) is 5.30. The predicted molar refractivity (Wildman–Crippen MR) is 129 cm³/mol. The van der Waals surface area contributed by atoms with Gasteiger partial charge in [0.1, 0.15) is 23.5 Å². The molecule has 188 valence electrons.